The summed E-state index contributed by atoms with van der Waals surface area (Å²) in [6.45, 7) is 0. The maximum atomic E-state index is 11.6. The van der Waals surface area contributed by atoms with E-state index in [4.69, 9.17) is 15.7 Å². The summed E-state index contributed by atoms with van der Waals surface area (Å²) in [5, 5.41) is 8.38. The zero-order valence-electron chi connectivity index (χ0n) is 8.10. The first-order chi connectivity index (χ1) is 7.01. The highest BCUT2D eigenvalue weighted by molar-refractivity contribution is 7.91. The van der Waals surface area contributed by atoms with Crippen molar-refractivity contribution in [1.82, 2.24) is 0 Å². The summed E-state index contributed by atoms with van der Waals surface area (Å²) in [5.74, 6) is -0.203. The van der Waals surface area contributed by atoms with Crippen molar-refractivity contribution in [2.45, 2.75) is 4.90 Å². The third-order valence-corrected chi connectivity index (χ3v) is 3.34. The standard InChI is InChI=1S/C9H10N2O3S/c1-14-7-2-3-8(11)9(6-7)15(12,13)5-4-10/h2-3,6H,5,11H2,1H3. The first-order valence-electron chi connectivity index (χ1n) is 4.04. The Morgan fingerprint density at radius 2 is 2.20 bits per heavy atom. The van der Waals surface area contributed by atoms with Crippen molar-refractivity contribution < 1.29 is 13.2 Å². The molecule has 1 aromatic rings. The van der Waals surface area contributed by atoms with Gasteiger partial charge in [-0.2, -0.15) is 5.26 Å². The van der Waals surface area contributed by atoms with Crippen LogP contribution in [0.1, 0.15) is 0 Å². The minimum Gasteiger partial charge on any atom is -0.497 e. The molecule has 5 nitrogen and oxygen atoms in total. The Morgan fingerprint density at radius 3 is 2.73 bits per heavy atom. The minimum atomic E-state index is -3.64. The monoisotopic (exact) mass is 226 g/mol. The van der Waals surface area contributed by atoms with Crippen LogP contribution in [0.3, 0.4) is 0 Å². The highest BCUT2D eigenvalue weighted by Gasteiger charge is 2.17. The van der Waals surface area contributed by atoms with Gasteiger partial charge in [0.2, 0.25) is 0 Å². The average Bonchev–Trinajstić information content (AvgIpc) is 2.18. The number of anilines is 1. The second-order valence-electron chi connectivity index (χ2n) is 2.82. The summed E-state index contributed by atoms with van der Waals surface area (Å²) < 4.78 is 28.0. The van der Waals surface area contributed by atoms with Crippen molar-refractivity contribution in [2.24, 2.45) is 0 Å². The van der Waals surface area contributed by atoms with Crippen molar-refractivity contribution >= 4 is 15.5 Å². The quantitative estimate of drug-likeness (QED) is 0.761. The van der Waals surface area contributed by atoms with Crippen molar-refractivity contribution in [3.8, 4) is 11.8 Å². The fourth-order valence-corrected chi connectivity index (χ4v) is 2.12. The maximum absolute atomic E-state index is 11.6. The smallest absolute Gasteiger partial charge is 0.193 e. The van der Waals surface area contributed by atoms with Gasteiger partial charge in [-0.05, 0) is 12.1 Å². The Balaban J connectivity index is 3.31. The molecule has 0 saturated heterocycles. The van der Waals surface area contributed by atoms with Gasteiger partial charge < -0.3 is 10.5 Å². The Hall–Kier alpha value is -1.74. The van der Waals surface area contributed by atoms with Crippen LogP contribution < -0.4 is 10.5 Å². The Kier molecular flexibility index (Phi) is 3.17. The number of methoxy groups -OCH3 is 1. The van der Waals surface area contributed by atoms with Crippen molar-refractivity contribution in [1.29, 1.82) is 5.26 Å². The van der Waals surface area contributed by atoms with Gasteiger partial charge in [0.05, 0.1) is 23.8 Å². The summed E-state index contributed by atoms with van der Waals surface area (Å²) >= 11 is 0. The maximum Gasteiger partial charge on any atom is 0.193 e. The normalized spacial score (nSPS) is 10.7. The van der Waals surface area contributed by atoms with Gasteiger partial charge in [0, 0.05) is 6.07 Å². The summed E-state index contributed by atoms with van der Waals surface area (Å²) in [6.07, 6.45) is 0. The lowest BCUT2D eigenvalue weighted by Gasteiger charge is -2.06. The molecule has 1 rings (SSSR count). The van der Waals surface area contributed by atoms with Gasteiger partial charge >= 0.3 is 0 Å². The molecule has 1 aromatic carbocycles. The molecule has 0 saturated carbocycles. The van der Waals surface area contributed by atoms with Crippen LogP contribution in [0.15, 0.2) is 23.1 Å². The topological polar surface area (TPSA) is 93.2 Å². The molecule has 0 aliphatic heterocycles. The molecule has 0 spiro atoms. The number of nitrogen functional groups attached to an aromatic ring is 1. The molecule has 0 fully saturated rings. The lowest BCUT2D eigenvalue weighted by molar-refractivity contribution is 0.413. The van der Waals surface area contributed by atoms with Crippen molar-refractivity contribution in [2.75, 3.05) is 18.6 Å². The highest BCUT2D eigenvalue weighted by atomic mass is 32.2. The van der Waals surface area contributed by atoms with E-state index in [0.717, 1.165) is 0 Å². The second kappa shape index (κ2) is 4.19. The van der Waals surface area contributed by atoms with Crippen LogP contribution >= 0.6 is 0 Å². The van der Waals surface area contributed by atoms with E-state index in [1.807, 2.05) is 0 Å². The lowest BCUT2D eigenvalue weighted by Crippen LogP contribution is -2.08. The number of ether oxygens (including phenoxy) is 1. The van der Waals surface area contributed by atoms with Gasteiger partial charge in [-0.15, -0.1) is 0 Å². The summed E-state index contributed by atoms with van der Waals surface area (Å²) in [6, 6.07) is 5.88. The number of rotatable bonds is 3. The molecular weight excluding hydrogens is 216 g/mol. The first-order valence-corrected chi connectivity index (χ1v) is 5.69. The number of nitrogens with zero attached hydrogens (tertiary/aromatic N) is 1. The van der Waals surface area contributed by atoms with E-state index < -0.39 is 15.6 Å². The summed E-state index contributed by atoms with van der Waals surface area (Å²) in [4.78, 5) is -0.0663. The van der Waals surface area contributed by atoms with Crippen LogP contribution in [0.25, 0.3) is 0 Å². The molecule has 0 heterocycles. The molecule has 2 N–H and O–H groups in total. The molecule has 0 radical (unpaired) electrons. The van der Waals surface area contributed by atoms with E-state index >= 15 is 0 Å². The molecule has 15 heavy (non-hydrogen) atoms. The number of nitrogens with two attached hydrogens (primary N) is 1. The molecule has 80 valence electrons. The number of sulfone groups is 1. The van der Waals surface area contributed by atoms with Crippen molar-refractivity contribution in [3.05, 3.63) is 18.2 Å². The molecule has 0 atom stereocenters. The molecule has 0 aliphatic carbocycles. The number of benzene rings is 1. The van der Waals surface area contributed by atoms with Gasteiger partial charge in [-0.25, -0.2) is 8.42 Å². The fraction of sp³-hybridized carbons (Fsp3) is 0.222. The van der Waals surface area contributed by atoms with E-state index in [2.05, 4.69) is 0 Å². The van der Waals surface area contributed by atoms with Crippen LogP contribution in [0.4, 0.5) is 5.69 Å². The summed E-state index contributed by atoms with van der Waals surface area (Å²) in [7, 11) is -2.22. The molecular formula is C9H10N2O3S. The van der Waals surface area contributed by atoms with E-state index in [1.165, 1.54) is 19.2 Å². The lowest BCUT2D eigenvalue weighted by atomic mass is 10.3. The van der Waals surface area contributed by atoms with Gasteiger partial charge in [-0.1, -0.05) is 0 Å². The predicted molar refractivity (Wildman–Crippen MR) is 55.1 cm³/mol. The molecule has 0 amide bonds. The highest BCUT2D eigenvalue weighted by Crippen LogP contribution is 2.24. The largest absolute Gasteiger partial charge is 0.497 e. The Labute approximate surface area is 88.0 Å². The summed E-state index contributed by atoms with van der Waals surface area (Å²) in [5.41, 5.74) is 5.63. The van der Waals surface area contributed by atoms with Crippen LogP contribution in [0.2, 0.25) is 0 Å². The van der Waals surface area contributed by atoms with Crippen LogP contribution in [-0.2, 0) is 9.84 Å². The third-order valence-electron chi connectivity index (χ3n) is 1.81. The Morgan fingerprint density at radius 1 is 1.53 bits per heavy atom. The molecule has 0 aliphatic rings. The molecule has 6 heteroatoms. The van der Waals surface area contributed by atoms with Gasteiger partial charge in [0.15, 0.2) is 9.84 Å². The SMILES string of the molecule is COc1ccc(N)c(S(=O)(=O)CC#N)c1. The number of nitriles is 1. The van der Waals surface area contributed by atoms with E-state index in [-0.39, 0.29) is 10.6 Å². The predicted octanol–water partition coefficient (Wildman–Crippen LogP) is 0.575. The molecule has 0 unspecified atom stereocenters. The van der Waals surface area contributed by atoms with Crippen LogP contribution in [0, 0.1) is 11.3 Å². The second-order valence-corrected chi connectivity index (χ2v) is 4.78. The van der Waals surface area contributed by atoms with Crippen LogP contribution in [-0.4, -0.2) is 21.3 Å². The van der Waals surface area contributed by atoms with Gasteiger partial charge in [0.25, 0.3) is 0 Å². The fourth-order valence-electron chi connectivity index (χ4n) is 1.07. The third kappa shape index (κ3) is 2.39. The first kappa shape index (κ1) is 11.3. The van der Waals surface area contributed by atoms with Gasteiger partial charge in [-0.3, -0.25) is 0 Å². The molecule has 0 bridgehead atoms. The Bertz CT molecular complexity index is 503. The zero-order chi connectivity index (χ0) is 11.5. The van der Waals surface area contributed by atoms with Crippen LogP contribution in [0.5, 0.6) is 5.75 Å². The average molecular weight is 226 g/mol. The van der Waals surface area contributed by atoms with E-state index in [9.17, 15) is 8.42 Å². The number of hydrogen-bond acceptors (Lipinski definition) is 5. The van der Waals surface area contributed by atoms with E-state index in [0.29, 0.717) is 5.75 Å². The number of hydrogen-bond donors (Lipinski definition) is 1. The van der Waals surface area contributed by atoms with Crippen molar-refractivity contribution in [3.63, 3.8) is 0 Å². The zero-order valence-corrected chi connectivity index (χ0v) is 8.91. The van der Waals surface area contributed by atoms with Gasteiger partial charge in [0.1, 0.15) is 11.5 Å². The minimum absolute atomic E-state index is 0.0663. The van der Waals surface area contributed by atoms with E-state index in [1.54, 1.807) is 12.1 Å². The molecule has 0 aromatic heterocycles.